The van der Waals surface area contributed by atoms with Crippen LogP contribution in [0.2, 0.25) is 0 Å². The first kappa shape index (κ1) is 14.7. The molecule has 2 aromatic heterocycles. The van der Waals surface area contributed by atoms with Crippen LogP contribution in [0.1, 0.15) is 24.2 Å². The summed E-state index contributed by atoms with van der Waals surface area (Å²) in [7, 11) is 0. The third-order valence-electron chi connectivity index (χ3n) is 3.63. The van der Waals surface area contributed by atoms with Gasteiger partial charge in [-0.25, -0.2) is 0 Å². The summed E-state index contributed by atoms with van der Waals surface area (Å²) in [4.78, 5) is 1.69. The van der Waals surface area contributed by atoms with E-state index in [0.717, 1.165) is 6.07 Å². The van der Waals surface area contributed by atoms with Gasteiger partial charge in [-0.2, -0.15) is 28.6 Å². The highest BCUT2D eigenvalue weighted by Crippen LogP contribution is 2.32. The van der Waals surface area contributed by atoms with Gasteiger partial charge in [0.2, 0.25) is 0 Å². The molecule has 7 nitrogen and oxygen atoms in total. The number of anilines is 1. The maximum atomic E-state index is 12.5. The zero-order valence-electron chi connectivity index (χ0n) is 11.4. The Bertz CT molecular complexity index is 629. The predicted octanol–water partition coefficient (Wildman–Crippen LogP) is 1.10. The molecule has 2 aromatic rings. The standard InChI is InChI=1S/C12H13F3N6O/c13-12(14,15)8-2-3-10(19-17-8)21-5-1-4-11(22,7-21)9-6-16-20-18-9/h2-3,6,22H,1,4-5,7H2,(H,16,18,20)/t11-/m0/s1. The minimum Gasteiger partial charge on any atom is -0.382 e. The molecule has 1 saturated heterocycles. The molecule has 1 atom stereocenters. The van der Waals surface area contributed by atoms with Crippen LogP contribution in [0.3, 0.4) is 0 Å². The largest absolute Gasteiger partial charge is 0.435 e. The summed E-state index contributed by atoms with van der Waals surface area (Å²) in [6, 6.07) is 2.14. The second kappa shape index (κ2) is 5.20. The molecule has 22 heavy (non-hydrogen) atoms. The Labute approximate surface area is 123 Å². The number of nitrogens with one attached hydrogen (secondary N) is 1. The lowest BCUT2D eigenvalue weighted by Gasteiger charge is -2.38. The number of nitrogens with zero attached hydrogens (tertiary/aromatic N) is 5. The van der Waals surface area contributed by atoms with Gasteiger partial charge >= 0.3 is 6.18 Å². The van der Waals surface area contributed by atoms with Gasteiger partial charge in [0.15, 0.2) is 11.5 Å². The summed E-state index contributed by atoms with van der Waals surface area (Å²) in [5.41, 5.74) is -1.85. The van der Waals surface area contributed by atoms with E-state index < -0.39 is 17.5 Å². The van der Waals surface area contributed by atoms with E-state index in [9.17, 15) is 18.3 Å². The summed E-state index contributed by atoms with van der Waals surface area (Å²) in [6.45, 7) is 0.736. The van der Waals surface area contributed by atoms with E-state index in [1.807, 2.05) is 0 Å². The molecule has 118 valence electrons. The van der Waals surface area contributed by atoms with Crippen molar-refractivity contribution in [2.75, 3.05) is 18.0 Å². The van der Waals surface area contributed by atoms with Crippen LogP contribution in [-0.2, 0) is 11.8 Å². The molecule has 0 aliphatic carbocycles. The fourth-order valence-corrected chi connectivity index (χ4v) is 2.51. The molecule has 3 rings (SSSR count). The highest BCUT2D eigenvalue weighted by atomic mass is 19.4. The number of alkyl halides is 3. The molecule has 0 bridgehead atoms. The number of aromatic nitrogens is 5. The van der Waals surface area contributed by atoms with Crippen molar-refractivity contribution in [3.8, 4) is 0 Å². The lowest BCUT2D eigenvalue weighted by atomic mass is 9.90. The molecule has 0 radical (unpaired) electrons. The fourth-order valence-electron chi connectivity index (χ4n) is 2.51. The van der Waals surface area contributed by atoms with Crippen molar-refractivity contribution in [2.24, 2.45) is 0 Å². The van der Waals surface area contributed by atoms with Crippen LogP contribution in [0.15, 0.2) is 18.3 Å². The van der Waals surface area contributed by atoms with Crippen LogP contribution in [0, 0.1) is 0 Å². The molecule has 0 spiro atoms. The SMILES string of the molecule is O[C@@]1(c2cn[nH]n2)CCCN(c2ccc(C(F)(F)F)nn2)C1. The number of H-pyrrole nitrogens is 1. The van der Waals surface area contributed by atoms with Gasteiger partial charge in [0.25, 0.3) is 0 Å². The van der Waals surface area contributed by atoms with Gasteiger partial charge in [-0.05, 0) is 25.0 Å². The number of aliphatic hydroxyl groups is 1. The van der Waals surface area contributed by atoms with E-state index in [0.29, 0.717) is 25.1 Å². The van der Waals surface area contributed by atoms with Gasteiger partial charge in [0, 0.05) is 6.54 Å². The summed E-state index contributed by atoms with van der Waals surface area (Å²) in [5, 5.41) is 27.5. The first-order chi connectivity index (χ1) is 10.4. The molecule has 1 fully saturated rings. The van der Waals surface area contributed by atoms with Crippen LogP contribution in [0.5, 0.6) is 0 Å². The Morgan fingerprint density at radius 1 is 1.27 bits per heavy atom. The van der Waals surface area contributed by atoms with E-state index in [-0.39, 0.29) is 12.4 Å². The normalized spacial score (nSPS) is 22.8. The molecular formula is C12H13F3N6O. The van der Waals surface area contributed by atoms with Crippen LogP contribution >= 0.6 is 0 Å². The van der Waals surface area contributed by atoms with Gasteiger partial charge in [0.05, 0.1) is 12.7 Å². The third-order valence-corrected chi connectivity index (χ3v) is 3.63. The molecule has 1 aliphatic rings. The molecule has 3 heterocycles. The number of β-amino-alcohol motifs (C(OH)–C–C–N with tert-alkyl or cyclic N) is 1. The van der Waals surface area contributed by atoms with Crippen LogP contribution < -0.4 is 4.90 Å². The summed E-state index contributed by atoms with van der Waals surface area (Å²) < 4.78 is 37.5. The minimum atomic E-state index is -4.52. The maximum absolute atomic E-state index is 12.5. The van der Waals surface area contributed by atoms with Crippen molar-refractivity contribution in [3.05, 3.63) is 29.7 Å². The monoisotopic (exact) mass is 314 g/mol. The molecule has 0 aromatic carbocycles. The van der Waals surface area contributed by atoms with Crippen LogP contribution in [0.4, 0.5) is 19.0 Å². The Morgan fingerprint density at radius 2 is 2.09 bits per heavy atom. The number of aromatic amines is 1. The van der Waals surface area contributed by atoms with Crippen LogP contribution in [0.25, 0.3) is 0 Å². The fraction of sp³-hybridized carbons (Fsp3) is 0.500. The molecular weight excluding hydrogens is 301 g/mol. The van der Waals surface area contributed by atoms with Gasteiger partial charge in [-0.3, -0.25) is 0 Å². The van der Waals surface area contributed by atoms with E-state index in [1.54, 1.807) is 4.90 Å². The Morgan fingerprint density at radius 3 is 2.68 bits per heavy atom. The number of hydrogen-bond acceptors (Lipinski definition) is 6. The highest BCUT2D eigenvalue weighted by Gasteiger charge is 2.38. The van der Waals surface area contributed by atoms with Crippen molar-refractivity contribution in [3.63, 3.8) is 0 Å². The average Bonchev–Trinajstić information content (AvgIpc) is 3.02. The first-order valence-corrected chi connectivity index (χ1v) is 6.63. The molecule has 10 heteroatoms. The highest BCUT2D eigenvalue weighted by molar-refractivity contribution is 5.39. The Kier molecular flexibility index (Phi) is 3.47. The van der Waals surface area contributed by atoms with Gasteiger partial charge in [-0.1, -0.05) is 0 Å². The molecule has 0 unspecified atom stereocenters. The number of rotatable bonds is 2. The molecule has 0 saturated carbocycles. The first-order valence-electron chi connectivity index (χ1n) is 6.63. The topological polar surface area (TPSA) is 90.8 Å². The van der Waals surface area contributed by atoms with Crippen molar-refractivity contribution in [1.29, 1.82) is 0 Å². The molecule has 2 N–H and O–H groups in total. The van der Waals surface area contributed by atoms with E-state index in [2.05, 4.69) is 25.6 Å². The van der Waals surface area contributed by atoms with Crippen molar-refractivity contribution in [2.45, 2.75) is 24.6 Å². The van der Waals surface area contributed by atoms with Crippen molar-refractivity contribution in [1.82, 2.24) is 25.6 Å². The van der Waals surface area contributed by atoms with Gasteiger partial charge in [-0.15, -0.1) is 10.2 Å². The minimum absolute atomic E-state index is 0.166. The summed E-state index contributed by atoms with van der Waals surface area (Å²) in [6.07, 6.45) is -1.95. The number of hydrogen-bond donors (Lipinski definition) is 2. The third kappa shape index (κ3) is 2.73. The Hall–Kier alpha value is -2.23. The van der Waals surface area contributed by atoms with Gasteiger partial charge in [0.1, 0.15) is 11.3 Å². The molecule has 1 aliphatic heterocycles. The molecule has 0 amide bonds. The maximum Gasteiger partial charge on any atom is 0.435 e. The second-order valence-corrected chi connectivity index (χ2v) is 5.19. The van der Waals surface area contributed by atoms with E-state index >= 15 is 0 Å². The zero-order chi connectivity index (χ0) is 15.8. The lowest BCUT2D eigenvalue weighted by Crippen LogP contribution is -2.46. The van der Waals surface area contributed by atoms with E-state index in [4.69, 9.17) is 0 Å². The average molecular weight is 314 g/mol. The summed E-state index contributed by atoms with van der Waals surface area (Å²) >= 11 is 0. The predicted molar refractivity (Wildman–Crippen MR) is 68.8 cm³/mol. The quantitative estimate of drug-likeness (QED) is 0.862. The van der Waals surface area contributed by atoms with E-state index in [1.165, 1.54) is 12.3 Å². The van der Waals surface area contributed by atoms with Crippen molar-refractivity contribution < 1.29 is 18.3 Å². The Balaban J connectivity index is 1.80. The number of halogens is 3. The van der Waals surface area contributed by atoms with Crippen LogP contribution in [-0.4, -0.2) is 43.8 Å². The zero-order valence-corrected chi connectivity index (χ0v) is 11.4. The van der Waals surface area contributed by atoms with Gasteiger partial charge < -0.3 is 10.0 Å². The summed E-state index contributed by atoms with van der Waals surface area (Å²) in [5.74, 6) is 0.287. The number of piperidine rings is 1. The lowest BCUT2D eigenvalue weighted by molar-refractivity contribution is -0.141. The van der Waals surface area contributed by atoms with Crippen molar-refractivity contribution >= 4 is 5.82 Å². The smallest absolute Gasteiger partial charge is 0.382 e. The second-order valence-electron chi connectivity index (χ2n) is 5.19.